The average Bonchev–Trinajstić information content (AvgIpc) is 2.95. The van der Waals surface area contributed by atoms with Crippen LogP contribution in [0.3, 0.4) is 0 Å². The molecular formula is C34H25N. The standard InChI is InChI=1S/C34H25N/c1-4-12-26(13-5-1)27-22-24-31(25-23-27)35(30-18-8-3-9-19-30)33-21-11-17-29-16-10-20-32(34(29)33)28-14-6-2-7-15-28/h1-25H. The Bertz CT molecular complexity index is 1550. The van der Waals surface area contributed by atoms with Crippen LogP contribution in [0.1, 0.15) is 0 Å². The first-order valence-corrected chi connectivity index (χ1v) is 12.0. The highest BCUT2D eigenvalue weighted by molar-refractivity contribution is 6.07. The molecule has 0 amide bonds. The molecule has 0 saturated heterocycles. The summed E-state index contributed by atoms with van der Waals surface area (Å²) in [5, 5.41) is 2.47. The molecule has 0 aromatic heterocycles. The van der Waals surface area contributed by atoms with E-state index >= 15 is 0 Å². The maximum absolute atomic E-state index is 2.36. The molecule has 166 valence electrons. The quantitative estimate of drug-likeness (QED) is 0.254. The minimum Gasteiger partial charge on any atom is -0.310 e. The number of rotatable bonds is 5. The van der Waals surface area contributed by atoms with Gasteiger partial charge in [-0.05, 0) is 58.0 Å². The van der Waals surface area contributed by atoms with Gasteiger partial charge in [-0.25, -0.2) is 0 Å². The molecule has 0 radical (unpaired) electrons. The van der Waals surface area contributed by atoms with E-state index in [1.807, 2.05) is 0 Å². The van der Waals surface area contributed by atoms with Crippen molar-refractivity contribution < 1.29 is 0 Å². The molecule has 1 nitrogen and oxygen atoms in total. The van der Waals surface area contributed by atoms with E-state index in [-0.39, 0.29) is 0 Å². The molecule has 0 aliphatic carbocycles. The SMILES string of the molecule is c1ccc(-c2ccc(N(c3ccccc3)c3cccc4cccc(-c5ccccc5)c34)cc2)cc1. The van der Waals surface area contributed by atoms with Gasteiger partial charge in [0.1, 0.15) is 0 Å². The Morgan fingerprint density at radius 3 is 1.51 bits per heavy atom. The Balaban J connectivity index is 1.56. The van der Waals surface area contributed by atoms with Crippen LogP contribution < -0.4 is 4.90 Å². The van der Waals surface area contributed by atoms with Crippen molar-refractivity contribution in [3.63, 3.8) is 0 Å². The van der Waals surface area contributed by atoms with Gasteiger partial charge in [-0.1, -0.05) is 121 Å². The molecule has 6 rings (SSSR count). The third kappa shape index (κ3) is 4.09. The number of hydrogen-bond donors (Lipinski definition) is 0. The average molecular weight is 448 g/mol. The molecular weight excluding hydrogens is 422 g/mol. The topological polar surface area (TPSA) is 3.24 Å². The van der Waals surface area contributed by atoms with Gasteiger partial charge >= 0.3 is 0 Å². The van der Waals surface area contributed by atoms with Crippen molar-refractivity contribution in [3.05, 3.63) is 152 Å². The van der Waals surface area contributed by atoms with Gasteiger partial charge in [-0.15, -0.1) is 0 Å². The van der Waals surface area contributed by atoms with E-state index in [4.69, 9.17) is 0 Å². The van der Waals surface area contributed by atoms with Gasteiger partial charge in [0.25, 0.3) is 0 Å². The zero-order valence-corrected chi connectivity index (χ0v) is 19.4. The van der Waals surface area contributed by atoms with Gasteiger partial charge in [0.2, 0.25) is 0 Å². The fraction of sp³-hybridized carbons (Fsp3) is 0. The van der Waals surface area contributed by atoms with Gasteiger partial charge in [-0.2, -0.15) is 0 Å². The smallest absolute Gasteiger partial charge is 0.0546 e. The molecule has 0 atom stereocenters. The highest BCUT2D eigenvalue weighted by Gasteiger charge is 2.17. The lowest BCUT2D eigenvalue weighted by Gasteiger charge is -2.28. The largest absolute Gasteiger partial charge is 0.310 e. The van der Waals surface area contributed by atoms with Crippen molar-refractivity contribution in [1.29, 1.82) is 0 Å². The van der Waals surface area contributed by atoms with Gasteiger partial charge < -0.3 is 4.90 Å². The summed E-state index contributed by atoms with van der Waals surface area (Å²) in [6.45, 7) is 0. The number of fused-ring (bicyclic) bond motifs is 1. The Morgan fingerprint density at radius 1 is 0.343 bits per heavy atom. The third-order valence-electron chi connectivity index (χ3n) is 6.46. The van der Waals surface area contributed by atoms with Crippen molar-refractivity contribution in [2.75, 3.05) is 4.90 Å². The van der Waals surface area contributed by atoms with E-state index in [2.05, 4.69) is 157 Å². The summed E-state index contributed by atoms with van der Waals surface area (Å²) in [4.78, 5) is 2.36. The minimum atomic E-state index is 1.13. The van der Waals surface area contributed by atoms with Crippen LogP contribution in [0, 0.1) is 0 Å². The van der Waals surface area contributed by atoms with Crippen LogP contribution in [0.4, 0.5) is 17.1 Å². The molecule has 0 N–H and O–H groups in total. The monoisotopic (exact) mass is 447 g/mol. The van der Waals surface area contributed by atoms with E-state index in [1.54, 1.807) is 0 Å². The molecule has 0 fully saturated rings. The van der Waals surface area contributed by atoms with Crippen molar-refractivity contribution in [3.8, 4) is 22.3 Å². The lowest BCUT2D eigenvalue weighted by Crippen LogP contribution is -2.10. The molecule has 0 aliphatic heterocycles. The zero-order chi connectivity index (χ0) is 23.5. The molecule has 6 aromatic carbocycles. The first-order valence-electron chi connectivity index (χ1n) is 12.0. The summed E-state index contributed by atoms with van der Waals surface area (Å²) in [7, 11) is 0. The van der Waals surface area contributed by atoms with Crippen LogP contribution >= 0.6 is 0 Å². The van der Waals surface area contributed by atoms with Gasteiger partial charge in [-0.3, -0.25) is 0 Å². The lowest BCUT2D eigenvalue weighted by atomic mass is 9.96. The Morgan fingerprint density at radius 2 is 0.857 bits per heavy atom. The Hall–Kier alpha value is -4.62. The van der Waals surface area contributed by atoms with E-state index in [0.29, 0.717) is 0 Å². The van der Waals surface area contributed by atoms with Gasteiger partial charge in [0.05, 0.1) is 5.69 Å². The van der Waals surface area contributed by atoms with Crippen molar-refractivity contribution >= 4 is 27.8 Å². The first-order chi connectivity index (χ1) is 17.4. The molecule has 0 saturated carbocycles. The summed E-state index contributed by atoms with van der Waals surface area (Å²) >= 11 is 0. The zero-order valence-electron chi connectivity index (χ0n) is 19.4. The summed E-state index contributed by atoms with van der Waals surface area (Å²) in [6, 6.07) is 53.8. The van der Waals surface area contributed by atoms with Crippen molar-refractivity contribution in [2.45, 2.75) is 0 Å². The molecule has 6 aromatic rings. The highest BCUT2D eigenvalue weighted by Crippen LogP contribution is 2.42. The highest BCUT2D eigenvalue weighted by atomic mass is 15.1. The summed E-state index contributed by atoms with van der Waals surface area (Å²) in [6.07, 6.45) is 0. The normalized spacial score (nSPS) is 10.9. The van der Waals surface area contributed by atoms with Crippen LogP contribution in [0.5, 0.6) is 0 Å². The van der Waals surface area contributed by atoms with Gasteiger partial charge in [0.15, 0.2) is 0 Å². The molecule has 0 aliphatic rings. The second-order valence-corrected chi connectivity index (χ2v) is 8.63. The maximum Gasteiger partial charge on any atom is 0.0546 e. The van der Waals surface area contributed by atoms with Crippen molar-refractivity contribution in [1.82, 2.24) is 0 Å². The van der Waals surface area contributed by atoms with Crippen LogP contribution in [-0.2, 0) is 0 Å². The van der Waals surface area contributed by atoms with E-state index in [1.165, 1.54) is 38.7 Å². The number of nitrogens with zero attached hydrogens (tertiary/aromatic N) is 1. The molecule has 1 heteroatoms. The van der Waals surface area contributed by atoms with Gasteiger partial charge in [0, 0.05) is 16.8 Å². The molecule has 0 heterocycles. The fourth-order valence-electron chi connectivity index (χ4n) is 4.80. The van der Waals surface area contributed by atoms with E-state index in [9.17, 15) is 0 Å². The number of para-hydroxylation sites is 1. The third-order valence-corrected chi connectivity index (χ3v) is 6.46. The molecule has 0 bridgehead atoms. The summed E-state index contributed by atoms with van der Waals surface area (Å²) < 4.78 is 0. The van der Waals surface area contributed by atoms with Crippen LogP contribution in [-0.4, -0.2) is 0 Å². The summed E-state index contributed by atoms with van der Waals surface area (Å²) in [5.41, 5.74) is 8.33. The second-order valence-electron chi connectivity index (χ2n) is 8.63. The van der Waals surface area contributed by atoms with E-state index < -0.39 is 0 Å². The predicted octanol–water partition coefficient (Wildman–Crippen LogP) is 9.64. The van der Waals surface area contributed by atoms with Crippen LogP contribution in [0.25, 0.3) is 33.0 Å². The fourth-order valence-corrected chi connectivity index (χ4v) is 4.80. The predicted molar refractivity (Wildman–Crippen MR) is 150 cm³/mol. The molecule has 0 unspecified atom stereocenters. The molecule has 35 heavy (non-hydrogen) atoms. The van der Waals surface area contributed by atoms with Crippen LogP contribution in [0.15, 0.2) is 152 Å². The number of hydrogen-bond acceptors (Lipinski definition) is 1. The Kier molecular flexibility index (Phi) is 5.58. The Labute approximate surface area is 206 Å². The van der Waals surface area contributed by atoms with Crippen molar-refractivity contribution in [2.24, 2.45) is 0 Å². The number of benzene rings is 6. The second kappa shape index (κ2) is 9.32. The number of anilines is 3. The van der Waals surface area contributed by atoms with E-state index in [0.717, 1.165) is 11.4 Å². The minimum absolute atomic E-state index is 1.13. The first kappa shape index (κ1) is 20.9. The molecule has 0 spiro atoms. The maximum atomic E-state index is 2.36. The van der Waals surface area contributed by atoms with Crippen LogP contribution in [0.2, 0.25) is 0 Å². The lowest BCUT2D eigenvalue weighted by molar-refractivity contribution is 1.30. The summed E-state index contributed by atoms with van der Waals surface area (Å²) in [5.74, 6) is 0.